The first-order chi connectivity index (χ1) is 17.7. The van der Waals surface area contributed by atoms with Gasteiger partial charge in [0.25, 0.3) is 0 Å². The summed E-state index contributed by atoms with van der Waals surface area (Å²) in [6.07, 6.45) is 0.231. The minimum Gasteiger partial charge on any atom is -0.497 e. The highest BCUT2D eigenvalue weighted by Crippen LogP contribution is 2.55. The van der Waals surface area contributed by atoms with E-state index in [1.807, 2.05) is 0 Å². The number of allylic oxidation sites excluding steroid dienone is 1. The summed E-state index contributed by atoms with van der Waals surface area (Å²) in [6.45, 7) is 1.74. The van der Waals surface area contributed by atoms with Gasteiger partial charge in [-0.15, -0.1) is 0 Å². The van der Waals surface area contributed by atoms with Crippen LogP contribution in [0.5, 0.6) is 28.7 Å². The number of halogens is 1. The Morgan fingerprint density at radius 1 is 0.919 bits per heavy atom. The zero-order valence-corrected chi connectivity index (χ0v) is 21.8. The van der Waals surface area contributed by atoms with Crippen LogP contribution >= 0.6 is 11.6 Å². The number of fused-ring (bicyclic) bond motifs is 1. The Kier molecular flexibility index (Phi) is 6.06. The van der Waals surface area contributed by atoms with E-state index in [9.17, 15) is 14.4 Å². The molecule has 0 fully saturated rings. The molecule has 3 aliphatic rings. The summed E-state index contributed by atoms with van der Waals surface area (Å²) in [4.78, 5) is 41.2. The minimum absolute atomic E-state index is 0.00321. The number of Topliss-reactive ketones (excluding diaryl/α,β-unsaturated/α-hetero) is 2. The number of benzene rings is 2. The van der Waals surface area contributed by atoms with Crippen molar-refractivity contribution in [1.29, 1.82) is 0 Å². The third-order valence-corrected chi connectivity index (χ3v) is 7.73. The molecule has 1 spiro atoms. The van der Waals surface area contributed by atoms with Crippen molar-refractivity contribution in [2.24, 2.45) is 5.92 Å². The van der Waals surface area contributed by atoms with Gasteiger partial charge in [-0.1, -0.05) is 24.6 Å². The van der Waals surface area contributed by atoms with Gasteiger partial charge in [-0.3, -0.25) is 14.4 Å². The van der Waals surface area contributed by atoms with Gasteiger partial charge in [-0.05, 0) is 12.5 Å². The number of ether oxygens (including phenoxy) is 5. The third-order valence-electron chi connectivity index (χ3n) is 7.37. The number of rotatable bonds is 5. The van der Waals surface area contributed by atoms with Crippen molar-refractivity contribution in [3.05, 3.63) is 51.7 Å². The monoisotopic (exact) mass is 527 g/mol. The SMILES string of the molecule is COc1ccc([C@H]2CC(=O)NC3=C2C(=O)[C@@]2(Oc4c(Cl)c(OC)cc(OC)c4C2=O)[C@H](C)C3)c(OC)c1. The van der Waals surface area contributed by atoms with Gasteiger partial charge < -0.3 is 29.0 Å². The molecule has 1 aliphatic carbocycles. The standard InChI is InChI=1S/C27H26ClNO8/c1-12-8-16-21(15(10-20(30)29-16)14-7-6-13(33-2)9-17(14)34-3)25(31)27(12)26(32)22-18(35-4)11-19(36-5)23(28)24(22)37-27/h6-7,9,11-12,15H,8,10H2,1-5H3,(H,29,30)/t12-,15-,27+/m1/s1. The molecular weight excluding hydrogens is 502 g/mol. The number of carbonyl (C=O) groups is 3. The van der Waals surface area contributed by atoms with Gasteiger partial charge in [0.2, 0.25) is 23.1 Å². The maximum atomic E-state index is 14.4. The summed E-state index contributed by atoms with van der Waals surface area (Å²) in [5, 5.41) is 2.93. The molecule has 194 valence electrons. The maximum Gasteiger partial charge on any atom is 0.236 e. The molecular formula is C27H26ClNO8. The average molecular weight is 528 g/mol. The van der Waals surface area contributed by atoms with E-state index in [1.54, 1.807) is 25.1 Å². The molecule has 2 aromatic carbocycles. The van der Waals surface area contributed by atoms with Gasteiger partial charge in [0.15, 0.2) is 5.75 Å². The van der Waals surface area contributed by atoms with Crippen LogP contribution < -0.4 is 29.0 Å². The minimum atomic E-state index is -1.87. The van der Waals surface area contributed by atoms with E-state index < -0.39 is 29.0 Å². The highest BCUT2D eigenvalue weighted by atomic mass is 35.5. The Morgan fingerprint density at radius 3 is 2.27 bits per heavy atom. The van der Waals surface area contributed by atoms with E-state index in [0.29, 0.717) is 28.3 Å². The lowest BCUT2D eigenvalue weighted by molar-refractivity contribution is -0.131. The van der Waals surface area contributed by atoms with E-state index in [4.69, 9.17) is 35.3 Å². The molecule has 2 aromatic rings. The summed E-state index contributed by atoms with van der Waals surface area (Å²) in [6, 6.07) is 6.69. The fourth-order valence-electron chi connectivity index (χ4n) is 5.56. The number of ketones is 2. The van der Waals surface area contributed by atoms with Crippen LogP contribution in [0.1, 0.15) is 41.6 Å². The van der Waals surface area contributed by atoms with Crippen molar-refractivity contribution >= 4 is 29.1 Å². The quantitative estimate of drug-likeness (QED) is 0.584. The second-order valence-corrected chi connectivity index (χ2v) is 9.58. The van der Waals surface area contributed by atoms with Crippen LogP contribution in [-0.4, -0.2) is 51.5 Å². The zero-order chi connectivity index (χ0) is 26.6. The van der Waals surface area contributed by atoms with Crippen molar-refractivity contribution in [3.63, 3.8) is 0 Å². The third kappa shape index (κ3) is 3.48. The second-order valence-electron chi connectivity index (χ2n) is 9.21. The van der Waals surface area contributed by atoms with Crippen molar-refractivity contribution < 1.29 is 38.1 Å². The predicted octanol–water partition coefficient (Wildman–Crippen LogP) is 3.86. The molecule has 5 rings (SSSR count). The number of carbonyl (C=O) groups excluding carboxylic acids is 3. The highest BCUT2D eigenvalue weighted by Gasteiger charge is 2.63. The average Bonchev–Trinajstić information content (AvgIpc) is 3.21. The smallest absolute Gasteiger partial charge is 0.236 e. The number of hydrogen-bond donors (Lipinski definition) is 1. The van der Waals surface area contributed by atoms with Crippen LogP contribution in [0.25, 0.3) is 0 Å². The lowest BCUT2D eigenvalue weighted by Crippen LogP contribution is -2.59. The van der Waals surface area contributed by atoms with E-state index in [2.05, 4.69) is 5.32 Å². The number of nitrogens with one attached hydrogen (secondary N) is 1. The van der Waals surface area contributed by atoms with Crippen molar-refractivity contribution in [1.82, 2.24) is 5.32 Å². The largest absolute Gasteiger partial charge is 0.497 e. The van der Waals surface area contributed by atoms with Crippen LogP contribution in [0.4, 0.5) is 0 Å². The zero-order valence-electron chi connectivity index (χ0n) is 21.0. The van der Waals surface area contributed by atoms with Gasteiger partial charge in [0, 0.05) is 47.2 Å². The Morgan fingerprint density at radius 2 is 1.62 bits per heavy atom. The molecule has 0 saturated carbocycles. The number of hydrogen-bond acceptors (Lipinski definition) is 8. The summed E-state index contributed by atoms with van der Waals surface area (Å²) < 4.78 is 27.9. The molecule has 2 aliphatic heterocycles. The van der Waals surface area contributed by atoms with Gasteiger partial charge in [-0.25, -0.2) is 0 Å². The summed E-state index contributed by atoms with van der Waals surface area (Å²) in [5.74, 6) is -1.03. The van der Waals surface area contributed by atoms with E-state index in [-0.39, 0.29) is 46.6 Å². The molecule has 9 nitrogen and oxygen atoms in total. The first kappa shape index (κ1) is 25.0. The van der Waals surface area contributed by atoms with Gasteiger partial charge in [-0.2, -0.15) is 0 Å². The molecule has 0 radical (unpaired) electrons. The summed E-state index contributed by atoms with van der Waals surface area (Å²) in [5.41, 5.74) is -0.362. The molecule has 2 heterocycles. The normalized spacial score (nSPS) is 24.3. The molecule has 10 heteroatoms. The van der Waals surface area contributed by atoms with E-state index in [0.717, 1.165) is 0 Å². The molecule has 3 atom stereocenters. The van der Waals surface area contributed by atoms with E-state index in [1.165, 1.54) is 34.5 Å². The first-order valence-electron chi connectivity index (χ1n) is 11.7. The van der Waals surface area contributed by atoms with Crippen LogP contribution in [0.3, 0.4) is 0 Å². The summed E-state index contributed by atoms with van der Waals surface area (Å²) >= 11 is 6.53. The molecule has 0 aromatic heterocycles. The maximum absolute atomic E-state index is 14.4. The number of methoxy groups -OCH3 is 4. The van der Waals surface area contributed by atoms with Crippen molar-refractivity contribution in [3.8, 4) is 28.7 Å². The topological polar surface area (TPSA) is 109 Å². The summed E-state index contributed by atoms with van der Waals surface area (Å²) in [7, 11) is 5.89. The fourth-order valence-corrected chi connectivity index (χ4v) is 5.83. The van der Waals surface area contributed by atoms with Crippen LogP contribution in [0.2, 0.25) is 5.02 Å². The molecule has 1 amide bonds. The lowest BCUT2D eigenvalue weighted by Gasteiger charge is -2.41. The highest BCUT2D eigenvalue weighted by molar-refractivity contribution is 6.36. The molecule has 1 N–H and O–H groups in total. The second kappa shape index (κ2) is 8.99. The Bertz CT molecular complexity index is 1380. The first-order valence-corrected chi connectivity index (χ1v) is 12.1. The molecule has 37 heavy (non-hydrogen) atoms. The lowest BCUT2D eigenvalue weighted by atomic mass is 9.66. The van der Waals surface area contributed by atoms with Crippen LogP contribution in [-0.2, 0) is 9.59 Å². The number of amides is 1. The van der Waals surface area contributed by atoms with E-state index >= 15 is 0 Å². The van der Waals surface area contributed by atoms with Gasteiger partial charge in [0.1, 0.15) is 33.6 Å². The molecule has 0 saturated heterocycles. The Balaban J connectivity index is 1.67. The van der Waals surface area contributed by atoms with Gasteiger partial charge >= 0.3 is 0 Å². The molecule has 0 bridgehead atoms. The van der Waals surface area contributed by atoms with Gasteiger partial charge in [0.05, 0.1) is 28.4 Å². The van der Waals surface area contributed by atoms with Crippen molar-refractivity contribution in [2.45, 2.75) is 31.3 Å². The fraction of sp³-hybridized carbons (Fsp3) is 0.370. The van der Waals surface area contributed by atoms with Crippen molar-refractivity contribution in [2.75, 3.05) is 28.4 Å². The Labute approximate surface area is 218 Å². The Hall–Kier alpha value is -3.72. The van der Waals surface area contributed by atoms with Crippen LogP contribution in [0.15, 0.2) is 35.5 Å². The predicted molar refractivity (Wildman–Crippen MR) is 133 cm³/mol. The van der Waals surface area contributed by atoms with Crippen LogP contribution in [0, 0.1) is 5.92 Å². The molecule has 0 unspecified atom stereocenters.